The van der Waals surface area contributed by atoms with Gasteiger partial charge >= 0.3 is 5.97 Å². The second-order valence-corrected chi connectivity index (χ2v) is 5.53. The smallest absolute Gasteiger partial charge is 0.305 e. The molecule has 3 atom stereocenters. The van der Waals surface area contributed by atoms with Crippen LogP contribution in [0, 0.1) is 0 Å². The SMILES string of the molecule is CC(=O)NCC(=O)N[C@@H](CC(=O)O)C(=O)NCC(=O)N[C@H](C(N)=O)[C@@H](C)O. The zero-order valence-corrected chi connectivity index (χ0v) is 14.8. The van der Waals surface area contributed by atoms with Gasteiger partial charge in [-0.15, -0.1) is 0 Å². The first-order valence-corrected chi connectivity index (χ1v) is 7.74. The molecule has 0 heterocycles. The van der Waals surface area contributed by atoms with Crippen LogP contribution in [0.2, 0.25) is 0 Å². The quantitative estimate of drug-likeness (QED) is 0.182. The molecule has 0 aliphatic rings. The van der Waals surface area contributed by atoms with Gasteiger partial charge < -0.3 is 37.2 Å². The van der Waals surface area contributed by atoms with E-state index in [0.29, 0.717) is 0 Å². The number of hydrogen-bond acceptors (Lipinski definition) is 7. The third-order valence-corrected chi connectivity index (χ3v) is 3.06. The number of carboxylic acid groups (broad SMARTS) is 1. The maximum absolute atomic E-state index is 12.0. The number of hydrogen-bond donors (Lipinski definition) is 7. The van der Waals surface area contributed by atoms with Crippen molar-refractivity contribution in [1.82, 2.24) is 21.3 Å². The fourth-order valence-electron chi connectivity index (χ4n) is 1.78. The van der Waals surface area contributed by atoms with Gasteiger partial charge in [0, 0.05) is 6.92 Å². The maximum atomic E-state index is 12.0. The molecule has 0 aromatic heterocycles. The predicted molar refractivity (Wildman–Crippen MR) is 88.7 cm³/mol. The number of amides is 5. The van der Waals surface area contributed by atoms with Crippen molar-refractivity contribution in [3.63, 3.8) is 0 Å². The summed E-state index contributed by atoms with van der Waals surface area (Å²) in [5.41, 5.74) is 5.01. The van der Waals surface area contributed by atoms with Crippen LogP contribution in [0.3, 0.4) is 0 Å². The summed E-state index contributed by atoms with van der Waals surface area (Å²) >= 11 is 0. The van der Waals surface area contributed by atoms with E-state index in [9.17, 15) is 33.9 Å². The minimum atomic E-state index is -1.50. The van der Waals surface area contributed by atoms with E-state index >= 15 is 0 Å². The molecule has 0 rings (SSSR count). The van der Waals surface area contributed by atoms with Crippen molar-refractivity contribution in [3.05, 3.63) is 0 Å². The summed E-state index contributed by atoms with van der Waals surface area (Å²) in [6, 6.07) is -2.87. The van der Waals surface area contributed by atoms with Crippen LogP contribution in [0.4, 0.5) is 0 Å². The zero-order chi connectivity index (χ0) is 21.1. The van der Waals surface area contributed by atoms with Crippen LogP contribution < -0.4 is 27.0 Å². The first-order valence-electron chi connectivity index (χ1n) is 7.74. The molecule has 0 unspecified atom stereocenters. The Morgan fingerprint density at radius 1 is 0.963 bits per heavy atom. The number of nitrogens with one attached hydrogen (secondary N) is 4. The number of nitrogens with two attached hydrogens (primary N) is 1. The summed E-state index contributed by atoms with van der Waals surface area (Å²) in [5.74, 6) is -5.52. The molecular formula is C14H23N5O8. The highest BCUT2D eigenvalue weighted by molar-refractivity contribution is 5.94. The van der Waals surface area contributed by atoms with Crippen molar-refractivity contribution < 1.29 is 39.0 Å². The summed E-state index contributed by atoms with van der Waals surface area (Å²) in [5, 5.41) is 26.6. The van der Waals surface area contributed by atoms with Gasteiger partial charge in [-0.1, -0.05) is 0 Å². The summed E-state index contributed by atoms with van der Waals surface area (Å²) in [4.78, 5) is 68.0. The maximum Gasteiger partial charge on any atom is 0.305 e. The fourth-order valence-corrected chi connectivity index (χ4v) is 1.78. The number of aliphatic hydroxyl groups excluding tert-OH is 1. The van der Waals surface area contributed by atoms with E-state index < -0.39 is 73.2 Å². The summed E-state index contributed by atoms with van der Waals surface area (Å²) in [6.45, 7) is 1.27. The molecule has 13 heteroatoms. The molecule has 0 aromatic rings. The Bertz CT molecular complexity index is 606. The lowest BCUT2D eigenvalue weighted by atomic mass is 10.1. The lowest BCUT2D eigenvalue weighted by Crippen LogP contribution is -2.55. The molecule has 27 heavy (non-hydrogen) atoms. The fraction of sp³-hybridized carbons (Fsp3) is 0.571. The van der Waals surface area contributed by atoms with E-state index in [2.05, 4.69) is 21.3 Å². The Morgan fingerprint density at radius 3 is 1.93 bits per heavy atom. The average molecular weight is 389 g/mol. The first kappa shape index (κ1) is 23.8. The number of aliphatic hydroxyl groups is 1. The number of rotatable bonds is 11. The highest BCUT2D eigenvalue weighted by Gasteiger charge is 2.26. The van der Waals surface area contributed by atoms with Crippen LogP contribution in [-0.2, 0) is 28.8 Å². The van der Waals surface area contributed by atoms with E-state index in [1.54, 1.807) is 0 Å². The van der Waals surface area contributed by atoms with E-state index in [1.165, 1.54) is 13.8 Å². The molecule has 13 nitrogen and oxygen atoms in total. The molecule has 0 saturated heterocycles. The number of aliphatic carboxylic acids is 1. The van der Waals surface area contributed by atoms with Gasteiger partial charge in [0.1, 0.15) is 12.1 Å². The van der Waals surface area contributed by atoms with Gasteiger partial charge in [-0.25, -0.2) is 0 Å². The second kappa shape index (κ2) is 11.4. The van der Waals surface area contributed by atoms with E-state index in [1.807, 2.05) is 0 Å². The Morgan fingerprint density at radius 2 is 1.48 bits per heavy atom. The summed E-state index contributed by atoms with van der Waals surface area (Å²) < 4.78 is 0. The average Bonchev–Trinajstić information content (AvgIpc) is 2.53. The van der Waals surface area contributed by atoms with E-state index in [0.717, 1.165) is 0 Å². The Kier molecular flexibility index (Phi) is 10.0. The Balaban J connectivity index is 4.73. The molecule has 0 fully saturated rings. The van der Waals surface area contributed by atoms with Crippen LogP contribution in [0.5, 0.6) is 0 Å². The second-order valence-electron chi connectivity index (χ2n) is 5.53. The highest BCUT2D eigenvalue weighted by Crippen LogP contribution is 1.94. The van der Waals surface area contributed by atoms with Crippen LogP contribution in [0.15, 0.2) is 0 Å². The number of carboxylic acids is 1. The van der Waals surface area contributed by atoms with Crippen molar-refractivity contribution in [2.75, 3.05) is 13.1 Å². The van der Waals surface area contributed by atoms with Gasteiger partial charge in [0.15, 0.2) is 0 Å². The van der Waals surface area contributed by atoms with Gasteiger partial charge in [0.25, 0.3) is 0 Å². The monoisotopic (exact) mass is 389 g/mol. The standard InChI is InChI=1S/C14H23N5O8/c1-6(20)12(13(15)26)19-10(23)5-17-14(27)8(3-11(24)25)18-9(22)4-16-7(2)21/h6,8,12,20H,3-5H2,1-2H3,(H2,15,26)(H,16,21)(H,17,27)(H,18,22)(H,19,23)(H,24,25)/t6-,8+,12+/m1/s1. The number of primary amides is 1. The van der Waals surface area contributed by atoms with Gasteiger partial charge in [-0.05, 0) is 6.92 Å². The molecular weight excluding hydrogens is 366 g/mol. The van der Waals surface area contributed by atoms with Crippen molar-refractivity contribution in [2.45, 2.75) is 38.5 Å². The zero-order valence-electron chi connectivity index (χ0n) is 14.8. The molecule has 0 saturated carbocycles. The van der Waals surface area contributed by atoms with Gasteiger partial charge in [-0.3, -0.25) is 28.8 Å². The van der Waals surface area contributed by atoms with Crippen LogP contribution in [-0.4, -0.2) is 77.0 Å². The lowest BCUT2D eigenvalue weighted by Gasteiger charge is -2.19. The topological polar surface area (TPSA) is 217 Å². The van der Waals surface area contributed by atoms with Gasteiger partial charge in [0.2, 0.25) is 29.5 Å². The normalized spacial score (nSPS) is 13.4. The molecule has 152 valence electrons. The summed E-state index contributed by atoms with van der Waals surface area (Å²) in [7, 11) is 0. The largest absolute Gasteiger partial charge is 0.481 e. The number of carbonyl (C=O) groups is 6. The van der Waals surface area contributed by atoms with E-state index in [4.69, 9.17) is 10.8 Å². The van der Waals surface area contributed by atoms with Crippen LogP contribution in [0.1, 0.15) is 20.3 Å². The molecule has 0 aliphatic carbocycles. The molecule has 0 aromatic carbocycles. The highest BCUT2D eigenvalue weighted by atomic mass is 16.4. The minimum Gasteiger partial charge on any atom is -0.481 e. The molecule has 0 aliphatic heterocycles. The molecule has 0 radical (unpaired) electrons. The third-order valence-electron chi connectivity index (χ3n) is 3.06. The van der Waals surface area contributed by atoms with Crippen molar-refractivity contribution in [3.8, 4) is 0 Å². The van der Waals surface area contributed by atoms with Gasteiger partial charge in [0.05, 0.1) is 25.6 Å². The minimum absolute atomic E-state index is 0.464. The van der Waals surface area contributed by atoms with Crippen molar-refractivity contribution in [2.24, 2.45) is 5.73 Å². The number of carbonyl (C=O) groups excluding carboxylic acids is 5. The predicted octanol–water partition coefficient (Wildman–Crippen LogP) is -4.45. The molecule has 8 N–H and O–H groups in total. The van der Waals surface area contributed by atoms with Crippen LogP contribution in [0.25, 0.3) is 0 Å². The lowest BCUT2D eigenvalue weighted by molar-refractivity contribution is -0.141. The van der Waals surface area contributed by atoms with E-state index in [-0.39, 0.29) is 0 Å². The third kappa shape index (κ3) is 10.4. The summed E-state index contributed by atoms with van der Waals surface area (Å²) in [6.07, 6.45) is -2.04. The molecule has 0 spiro atoms. The molecule has 5 amide bonds. The molecule has 0 bridgehead atoms. The van der Waals surface area contributed by atoms with Gasteiger partial charge in [-0.2, -0.15) is 0 Å². The first-order chi connectivity index (χ1) is 12.4. The van der Waals surface area contributed by atoms with Crippen molar-refractivity contribution in [1.29, 1.82) is 0 Å². The Labute approximate surface area is 154 Å². The van der Waals surface area contributed by atoms with Crippen LogP contribution >= 0.6 is 0 Å². The Hall–Kier alpha value is -3.22. The van der Waals surface area contributed by atoms with Crippen molar-refractivity contribution >= 4 is 35.5 Å².